The van der Waals surface area contributed by atoms with Gasteiger partial charge in [0, 0.05) is 18.1 Å². The predicted octanol–water partition coefficient (Wildman–Crippen LogP) is 3.62. The molecule has 0 bridgehead atoms. The molecule has 0 unspecified atom stereocenters. The average molecular weight is 349 g/mol. The number of rotatable bonds is 4. The lowest BCUT2D eigenvalue weighted by Gasteiger charge is -2.36. The van der Waals surface area contributed by atoms with Gasteiger partial charge in [-0.25, -0.2) is 0 Å². The van der Waals surface area contributed by atoms with Crippen molar-refractivity contribution >= 4 is 17.5 Å². The summed E-state index contributed by atoms with van der Waals surface area (Å²) in [5, 5.41) is 3.38. The lowest BCUT2D eigenvalue weighted by atomic mass is 9.96. The predicted molar refractivity (Wildman–Crippen MR) is 83.1 cm³/mol. The molecule has 23 heavy (non-hydrogen) atoms. The highest BCUT2D eigenvalue weighted by atomic mass is 35.5. The number of hydrogen-bond acceptors (Lipinski definition) is 2. The summed E-state index contributed by atoms with van der Waals surface area (Å²) in [5.41, 5.74) is 0.891. The molecule has 1 amide bonds. The summed E-state index contributed by atoms with van der Waals surface area (Å²) in [6.07, 6.45) is -3.60. The fraction of sp³-hybridized carbons (Fsp3) is 0.562. The Labute approximate surface area is 138 Å². The fourth-order valence-corrected chi connectivity index (χ4v) is 2.86. The number of hydrogen-bond donors (Lipinski definition) is 1. The third-order valence-electron chi connectivity index (χ3n) is 4.22. The molecule has 1 heterocycles. The van der Waals surface area contributed by atoms with Crippen molar-refractivity contribution in [2.24, 2.45) is 5.92 Å². The maximum Gasteiger partial charge on any atom is 0.393 e. The minimum absolute atomic E-state index is 0.112. The maximum atomic E-state index is 12.8. The summed E-state index contributed by atoms with van der Waals surface area (Å²) < 4.78 is 38.5. The van der Waals surface area contributed by atoms with Crippen molar-refractivity contribution in [1.29, 1.82) is 0 Å². The first-order valence-corrected chi connectivity index (χ1v) is 7.98. The lowest BCUT2D eigenvalue weighted by Crippen LogP contribution is -2.51. The number of carbonyl (C=O) groups excluding carboxylic acids is 1. The molecular formula is C16H20ClF3N2O. The molecule has 7 heteroatoms. The van der Waals surface area contributed by atoms with E-state index in [2.05, 4.69) is 5.32 Å². The number of alkyl halides is 3. The van der Waals surface area contributed by atoms with Gasteiger partial charge in [0.05, 0.1) is 12.0 Å². The van der Waals surface area contributed by atoms with Gasteiger partial charge in [-0.15, -0.1) is 0 Å². The summed E-state index contributed by atoms with van der Waals surface area (Å²) in [6, 6.07) is 6.48. The van der Waals surface area contributed by atoms with Crippen LogP contribution in [0.3, 0.4) is 0 Å². The molecule has 1 saturated heterocycles. The standard InChI is InChI=1S/C16H20ClF3N2O/c1-11(22-8-2-3-13(10-22)16(18,19)20)15(23)21-9-12-4-6-14(17)7-5-12/h4-7,11,13H,2-3,8-10H2,1H3,(H,21,23)/t11-,13+/m0/s1. The smallest absolute Gasteiger partial charge is 0.351 e. The van der Waals surface area contributed by atoms with Gasteiger partial charge in [-0.3, -0.25) is 9.69 Å². The molecule has 0 radical (unpaired) electrons. The van der Waals surface area contributed by atoms with Crippen LogP contribution in [0.4, 0.5) is 13.2 Å². The third kappa shape index (κ3) is 5.11. The fourth-order valence-electron chi connectivity index (χ4n) is 2.73. The van der Waals surface area contributed by atoms with Gasteiger partial charge in [0.25, 0.3) is 0 Å². The van der Waals surface area contributed by atoms with Gasteiger partial charge in [-0.1, -0.05) is 23.7 Å². The summed E-state index contributed by atoms with van der Waals surface area (Å²) in [4.78, 5) is 13.8. The van der Waals surface area contributed by atoms with Gasteiger partial charge in [-0.05, 0) is 44.0 Å². The van der Waals surface area contributed by atoms with Crippen LogP contribution in [-0.2, 0) is 11.3 Å². The van der Waals surface area contributed by atoms with Crippen molar-refractivity contribution in [3.8, 4) is 0 Å². The second kappa shape index (κ2) is 7.53. The molecule has 1 aromatic carbocycles. The number of nitrogens with zero attached hydrogens (tertiary/aromatic N) is 1. The molecule has 2 atom stereocenters. The molecule has 0 aromatic heterocycles. The van der Waals surface area contributed by atoms with Crippen molar-refractivity contribution in [3.63, 3.8) is 0 Å². The largest absolute Gasteiger partial charge is 0.393 e. The van der Waals surface area contributed by atoms with E-state index in [1.165, 1.54) is 0 Å². The van der Waals surface area contributed by atoms with E-state index in [4.69, 9.17) is 11.6 Å². The van der Waals surface area contributed by atoms with Gasteiger partial charge in [-0.2, -0.15) is 13.2 Å². The summed E-state index contributed by atoms with van der Waals surface area (Å²) in [6.45, 7) is 2.38. The number of carbonyl (C=O) groups is 1. The monoisotopic (exact) mass is 348 g/mol. The van der Waals surface area contributed by atoms with Gasteiger partial charge in [0.15, 0.2) is 0 Å². The molecule has 1 N–H and O–H groups in total. The van der Waals surface area contributed by atoms with E-state index in [9.17, 15) is 18.0 Å². The van der Waals surface area contributed by atoms with Gasteiger partial charge in [0.1, 0.15) is 0 Å². The quantitative estimate of drug-likeness (QED) is 0.901. The summed E-state index contributed by atoms with van der Waals surface area (Å²) in [5.74, 6) is -1.61. The highest BCUT2D eigenvalue weighted by Gasteiger charge is 2.43. The molecule has 2 rings (SSSR count). The van der Waals surface area contributed by atoms with Crippen LogP contribution in [0.25, 0.3) is 0 Å². The number of likely N-dealkylation sites (tertiary alicyclic amines) is 1. The minimum atomic E-state index is -4.20. The zero-order valence-electron chi connectivity index (χ0n) is 12.9. The highest BCUT2D eigenvalue weighted by Crippen LogP contribution is 2.33. The average Bonchev–Trinajstić information content (AvgIpc) is 2.52. The van der Waals surface area contributed by atoms with Gasteiger partial charge in [0.2, 0.25) is 5.91 Å². The van der Waals surface area contributed by atoms with E-state index < -0.39 is 18.1 Å². The van der Waals surface area contributed by atoms with Gasteiger partial charge >= 0.3 is 6.18 Å². The Morgan fingerprint density at radius 1 is 1.39 bits per heavy atom. The maximum absolute atomic E-state index is 12.8. The zero-order chi connectivity index (χ0) is 17.0. The van der Waals surface area contributed by atoms with Crippen molar-refractivity contribution in [3.05, 3.63) is 34.9 Å². The van der Waals surface area contributed by atoms with E-state index in [1.807, 2.05) is 0 Å². The number of halogens is 4. The lowest BCUT2D eigenvalue weighted by molar-refractivity contribution is -0.188. The minimum Gasteiger partial charge on any atom is -0.351 e. The Bertz CT molecular complexity index is 533. The Morgan fingerprint density at radius 2 is 2.04 bits per heavy atom. The van der Waals surface area contributed by atoms with E-state index >= 15 is 0 Å². The molecule has 1 fully saturated rings. The van der Waals surface area contributed by atoms with E-state index in [1.54, 1.807) is 36.1 Å². The van der Waals surface area contributed by atoms with Crippen LogP contribution in [0, 0.1) is 5.92 Å². The van der Waals surface area contributed by atoms with E-state index in [-0.39, 0.29) is 18.9 Å². The molecule has 1 aliphatic rings. The van der Waals surface area contributed by atoms with Crippen LogP contribution in [0.15, 0.2) is 24.3 Å². The number of benzene rings is 1. The Balaban J connectivity index is 1.87. The Kier molecular flexibility index (Phi) is 5.92. The first kappa shape index (κ1) is 18.1. The van der Waals surface area contributed by atoms with Crippen molar-refractivity contribution in [2.75, 3.05) is 13.1 Å². The first-order valence-electron chi connectivity index (χ1n) is 7.60. The van der Waals surface area contributed by atoms with Crippen molar-refractivity contribution < 1.29 is 18.0 Å². The van der Waals surface area contributed by atoms with Crippen molar-refractivity contribution in [2.45, 2.75) is 38.5 Å². The van der Waals surface area contributed by atoms with Crippen LogP contribution in [0.2, 0.25) is 5.02 Å². The number of nitrogens with one attached hydrogen (secondary N) is 1. The first-order chi connectivity index (χ1) is 10.8. The zero-order valence-corrected chi connectivity index (χ0v) is 13.6. The molecular weight excluding hydrogens is 329 g/mol. The molecule has 0 saturated carbocycles. The third-order valence-corrected chi connectivity index (χ3v) is 4.47. The SMILES string of the molecule is C[C@@H](C(=O)NCc1ccc(Cl)cc1)N1CCC[C@@H](C(F)(F)F)C1. The summed E-state index contributed by atoms with van der Waals surface area (Å²) in [7, 11) is 0. The van der Waals surface area contributed by atoms with Crippen LogP contribution in [0.1, 0.15) is 25.3 Å². The normalized spacial score (nSPS) is 21.0. The topological polar surface area (TPSA) is 32.3 Å². The molecule has 128 valence electrons. The molecule has 0 spiro atoms. The molecule has 3 nitrogen and oxygen atoms in total. The summed E-state index contributed by atoms with van der Waals surface area (Å²) >= 11 is 5.79. The number of piperidine rings is 1. The molecule has 0 aliphatic carbocycles. The molecule has 1 aromatic rings. The molecule has 1 aliphatic heterocycles. The Morgan fingerprint density at radius 3 is 2.65 bits per heavy atom. The van der Waals surface area contributed by atoms with E-state index in [0.717, 1.165) is 5.56 Å². The highest BCUT2D eigenvalue weighted by molar-refractivity contribution is 6.30. The van der Waals surface area contributed by atoms with E-state index in [0.29, 0.717) is 24.5 Å². The van der Waals surface area contributed by atoms with Crippen LogP contribution < -0.4 is 5.32 Å². The number of amides is 1. The Hall–Kier alpha value is -1.27. The van der Waals surface area contributed by atoms with Crippen LogP contribution in [-0.4, -0.2) is 36.1 Å². The van der Waals surface area contributed by atoms with Crippen LogP contribution >= 0.6 is 11.6 Å². The van der Waals surface area contributed by atoms with Gasteiger partial charge < -0.3 is 5.32 Å². The van der Waals surface area contributed by atoms with Crippen LogP contribution in [0.5, 0.6) is 0 Å². The second-order valence-corrected chi connectivity index (χ2v) is 6.33. The van der Waals surface area contributed by atoms with Crippen molar-refractivity contribution in [1.82, 2.24) is 10.2 Å². The second-order valence-electron chi connectivity index (χ2n) is 5.90.